The minimum absolute atomic E-state index is 0.134. The van der Waals surface area contributed by atoms with E-state index in [4.69, 9.17) is 0 Å². The van der Waals surface area contributed by atoms with Crippen LogP contribution in [0.4, 0.5) is 11.6 Å². The zero-order valence-corrected chi connectivity index (χ0v) is 16.0. The number of fused-ring (bicyclic) bond motifs is 1. The number of unbranched alkanes of at least 4 members (excludes halogenated alkanes) is 3. The van der Waals surface area contributed by atoms with Gasteiger partial charge in [0.25, 0.3) is 5.56 Å². The molecule has 146 valence electrons. The van der Waals surface area contributed by atoms with E-state index in [1.165, 1.54) is 12.7 Å². The Bertz CT molecular complexity index is 980. The lowest BCUT2D eigenvalue weighted by molar-refractivity contribution is -0.140. The first-order valence-electron chi connectivity index (χ1n) is 9.57. The van der Waals surface area contributed by atoms with Crippen LogP contribution < -0.4 is 10.9 Å². The standard InChI is InChI=1S/C22H25N3O3/c1-28-20(26)11-5-3-2-4-8-16-12-14-17(15-13-16)23-22-24-19-10-7-6-9-18(19)21(27)25-22/h6-7,9-10,12-15H,2-5,8,11H2,1H3,(H2,23,24,25,27). The van der Waals surface area contributed by atoms with Gasteiger partial charge in [-0.05, 0) is 49.1 Å². The average molecular weight is 379 g/mol. The zero-order valence-electron chi connectivity index (χ0n) is 16.0. The summed E-state index contributed by atoms with van der Waals surface area (Å²) in [6, 6.07) is 15.4. The predicted octanol–water partition coefficient (Wildman–Crippen LogP) is 4.33. The second-order valence-corrected chi connectivity index (χ2v) is 6.74. The SMILES string of the molecule is COC(=O)CCCCCCc1ccc(Nc2nc3ccccc3c(=O)[nH]2)cc1. The Morgan fingerprint density at radius 3 is 2.57 bits per heavy atom. The summed E-state index contributed by atoms with van der Waals surface area (Å²) in [5.74, 6) is 0.299. The van der Waals surface area contributed by atoms with E-state index < -0.39 is 0 Å². The topological polar surface area (TPSA) is 84.1 Å². The number of aromatic amines is 1. The van der Waals surface area contributed by atoms with E-state index in [2.05, 4.69) is 32.2 Å². The van der Waals surface area contributed by atoms with Crippen molar-refractivity contribution in [3.8, 4) is 0 Å². The highest BCUT2D eigenvalue weighted by molar-refractivity contribution is 5.78. The lowest BCUT2D eigenvalue weighted by Crippen LogP contribution is -2.11. The van der Waals surface area contributed by atoms with E-state index in [9.17, 15) is 9.59 Å². The van der Waals surface area contributed by atoms with Crippen LogP contribution in [-0.4, -0.2) is 23.0 Å². The van der Waals surface area contributed by atoms with Gasteiger partial charge in [0.15, 0.2) is 0 Å². The number of esters is 1. The molecule has 6 nitrogen and oxygen atoms in total. The normalized spacial score (nSPS) is 10.8. The van der Waals surface area contributed by atoms with Crippen LogP contribution in [0.25, 0.3) is 10.9 Å². The van der Waals surface area contributed by atoms with E-state index >= 15 is 0 Å². The molecular formula is C22H25N3O3. The van der Waals surface area contributed by atoms with Crippen LogP contribution in [-0.2, 0) is 16.0 Å². The Labute approximate surface area is 164 Å². The first-order valence-corrected chi connectivity index (χ1v) is 9.57. The molecule has 1 heterocycles. The quantitative estimate of drug-likeness (QED) is 0.427. The Hall–Kier alpha value is -3.15. The molecule has 0 saturated heterocycles. The van der Waals surface area contributed by atoms with E-state index in [0.717, 1.165) is 37.8 Å². The molecule has 6 heteroatoms. The van der Waals surface area contributed by atoms with Gasteiger partial charge in [-0.15, -0.1) is 0 Å². The van der Waals surface area contributed by atoms with Crippen molar-refractivity contribution in [1.29, 1.82) is 0 Å². The van der Waals surface area contributed by atoms with Crippen molar-refractivity contribution >= 4 is 28.5 Å². The van der Waals surface area contributed by atoms with Gasteiger partial charge in [0.05, 0.1) is 18.0 Å². The molecule has 2 N–H and O–H groups in total. The number of nitrogens with zero attached hydrogens (tertiary/aromatic N) is 1. The van der Waals surface area contributed by atoms with E-state index in [-0.39, 0.29) is 11.5 Å². The molecule has 0 aliphatic heterocycles. The Morgan fingerprint density at radius 1 is 1.04 bits per heavy atom. The predicted molar refractivity (Wildman–Crippen MR) is 111 cm³/mol. The lowest BCUT2D eigenvalue weighted by Gasteiger charge is -2.08. The second kappa shape index (κ2) is 9.69. The minimum atomic E-state index is -0.156. The molecule has 3 rings (SSSR count). The summed E-state index contributed by atoms with van der Waals surface area (Å²) >= 11 is 0. The number of carbonyl (C=O) groups excluding carboxylic acids is 1. The highest BCUT2D eigenvalue weighted by Crippen LogP contribution is 2.17. The summed E-state index contributed by atoms with van der Waals surface area (Å²) in [5.41, 5.74) is 2.65. The van der Waals surface area contributed by atoms with Gasteiger partial charge in [0.1, 0.15) is 0 Å². The summed E-state index contributed by atoms with van der Waals surface area (Å²) in [7, 11) is 1.43. The Morgan fingerprint density at radius 2 is 1.79 bits per heavy atom. The van der Waals surface area contributed by atoms with Crippen molar-refractivity contribution in [3.63, 3.8) is 0 Å². The third-order valence-electron chi connectivity index (χ3n) is 4.65. The van der Waals surface area contributed by atoms with Gasteiger partial charge in [-0.1, -0.05) is 37.1 Å². The Balaban J connectivity index is 1.49. The number of rotatable bonds is 9. The van der Waals surface area contributed by atoms with Crippen LogP contribution in [0.2, 0.25) is 0 Å². The first kappa shape index (κ1) is 19.6. The molecule has 0 saturated carbocycles. The van der Waals surface area contributed by atoms with Crippen molar-refractivity contribution in [2.24, 2.45) is 0 Å². The number of hydrogen-bond donors (Lipinski definition) is 2. The molecule has 0 bridgehead atoms. The zero-order chi connectivity index (χ0) is 19.8. The van der Waals surface area contributed by atoms with Crippen LogP contribution in [0.15, 0.2) is 53.3 Å². The Kier molecular flexibility index (Phi) is 6.78. The van der Waals surface area contributed by atoms with Crippen LogP contribution in [0, 0.1) is 0 Å². The van der Waals surface area contributed by atoms with Crippen LogP contribution in [0.3, 0.4) is 0 Å². The number of ether oxygens (including phenoxy) is 1. The number of aromatic nitrogens is 2. The number of hydrogen-bond acceptors (Lipinski definition) is 5. The minimum Gasteiger partial charge on any atom is -0.469 e. The van der Waals surface area contributed by atoms with Gasteiger partial charge < -0.3 is 10.1 Å². The molecule has 3 aromatic rings. The number of aryl methyl sites for hydroxylation is 1. The molecule has 0 amide bonds. The maximum absolute atomic E-state index is 12.1. The summed E-state index contributed by atoms with van der Waals surface area (Å²) in [6.07, 6.45) is 5.61. The average Bonchev–Trinajstić information content (AvgIpc) is 2.71. The largest absolute Gasteiger partial charge is 0.469 e. The van der Waals surface area contributed by atoms with Crippen molar-refractivity contribution in [2.75, 3.05) is 12.4 Å². The number of benzene rings is 2. The van der Waals surface area contributed by atoms with Gasteiger partial charge in [-0.2, -0.15) is 0 Å². The molecule has 2 aromatic carbocycles. The second-order valence-electron chi connectivity index (χ2n) is 6.74. The van der Waals surface area contributed by atoms with Crippen molar-refractivity contribution in [1.82, 2.24) is 9.97 Å². The molecule has 0 aliphatic rings. The molecule has 28 heavy (non-hydrogen) atoms. The third-order valence-corrected chi connectivity index (χ3v) is 4.65. The number of para-hydroxylation sites is 1. The number of anilines is 2. The molecule has 0 radical (unpaired) electrons. The highest BCUT2D eigenvalue weighted by Gasteiger charge is 2.04. The fourth-order valence-electron chi connectivity index (χ4n) is 3.09. The van der Waals surface area contributed by atoms with E-state index in [1.807, 2.05) is 30.3 Å². The summed E-state index contributed by atoms with van der Waals surface area (Å²) in [6.45, 7) is 0. The molecule has 0 fully saturated rings. The molecule has 0 aliphatic carbocycles. The molecule has 0 unspecified atom stereocenters. The van der Waals surface area contributed by atoms with Gasteiger partial charge in [0, 0.05) is 12.1 Å². The smallest absolute Gasteiger partial charge is 0.305 e. The lowest BCUT2D eigenvalue weighted by atomic mass is 10.1. The third kappa shape index (κ3) is 5.42. The monoisotopic (exact) mass is 379 g/mol. The summed E-state index contributed by atoms with van der Waals surface area (Å²) in [4.78, 5) is 30.4. The van der Waals surface area contributed by atoms with Gasteiger partial charge in [-0.3, -0.25) is 14.6 Å². The van der Waals surface area contributed by atoms with Gasteiger partial charge in [0.2, 0.25) is 5.95 Å². The van der Waals surface area contributed by atoms with Crippen LogP contribution in [0.5, 0.6) is 0 Å². The summed E-state index contributed by atoms with van der Waals surface area (Å²) < 4.78 is 4.64. The number of carbonyl (C=O) groups is 1. The first-order chi connectivity index (χ1) is 13.7. The number of H-pyrrole nitrogens is 1. The molecular weight excluding hydrogens is 354 g/mol. The van der Waals surface area contributed by atoms with E-state index in [1.54, 1.807) is 6.07 Å². The van der Waals surface area contributed by atoms with Crippen molar-refractivity contribution < 1.29 is 9.53 Å². The molecule has 0 atom stereocenters. The number of methoxy groups -OCH3 is 1. The summed E-state index contributed by atoms with van der Waals surface area (Å²) in [5, 5.41) is 3.73. The van der Waals surface area contributed by atoms with Crippen LogP contribution in [0.1, 0.15) is 37.7 Å². The maximum atomic E-state index is 12.1. The van der Waals surface area contributed by atoms with Crippen molar-refractivity contribution in [2.45, 2.75) is 38.5 Å². The molecule has 0 spiro atoms. The van der Waals surface area contributed by atoms with E-state index in [0.29, 0.717) is 23.3 Å². The van der Waals surface area contributed by atoms with Crippen molar-refractivity contribution in [3.05, 3.63) is 64.4 Å². The number of nitrogens with one attached hydrogen (secondary N) is 2. The van der Waals surface area contributed by atoms with Crippen LogP contribution >= 0.6 is 0 Å². The van der Waals surface area contributed by atoms with Gasteiger partial charge >= 0.3 is 5.97 Å². The highest BCUT2D eigenvalue weighted by atomic mass is 16.5. The fraction of sp³-hybridized carbons (Fsp3) is 0.318. The maximum Gasteiger partial charge on any atom is 0.305 e. The fourth-order valence-corrected chi connectivity index (χ4v) is 3.09. The molecule has 1 aromatic heterocycles. The van der Waals surface area contributed by atoms with Gasteiger partial charge in [-0.25, -0.2) is 4.98 Å².